The number of hydrogen-bond donors (Lipinski definition) is 2. The summed E-state index contributed by atoms with van der Waals surface area (Å²) in [5, 5.41) is 9.98. The first-order valence-corrected chi connectivity index (χ1v) is 18.8. The Kier molecular flexibility index (Phi) is 7.75. The highest BCUT2D eigenvalue weighted by molar-refractivity contribution is 6.15. The molecule has 0 amide bonds. The number of rotatable bonds is 6. The first-order valence-electron chi connectivity index (χ1n) is 18.8. The topological polar surface area (TPSA) is 38.2 Å². The fourth-order valence-electron chi connectivity index (χ4n) is 8.77. The van der Waals surface area contributed by atoms with E-state index < -0.39 is 0 Å². The lowest BCUT2D eigenvalue weighted by Crippen LogP contribution is -2.41. The molecule has 0 saturated carbocycles. The van der Waals surface area contributed by atoms with E-state index in [9.17, 15) is 0 Å². The minimum absolute atomic E-state index is 0.211. The highest BCUT2D eigenvalue weighted by Crippen LogP contribution is 2.48. The molecule has 1 aromatic heterocycles. The van der Waals surface area contributed by atoms with Gasteiger partial charge in [-0.25, -0.2) is 0 Å². The highest BCUT2D eigenvalue weighted by atomic mass is 16.5. The van der Waals surface area contributed by atoms with E-state index in [4.69, 9.17) is 4.74 Å². The van der Waals surface area contributed by atoms with Gasteiger partial charge in [0.25, 0.3) is 0 Å². The van der Waals surface area contributed by atoms with Gasteiger partial charge in [0.05, 0.1) is 22.1 Å². The molecule has 5 atom stereocenters. The number of benzene rings is 6. The first kappa shape index (κ1) is 31.5. The molecule has 258 valence electrons. The fourth-order valence-corrected chi connectivity index (χ4v) is 8.77. The van der Waals surface area contributed by atoms with Gasteiger partial charge in [-0.15, -0.1) is 0 Å². The second-order valence-corrected chi connectivity index (χ2v) is 14.7. The molecule has 1 aliphatic carbocycles. The summed E-state index contributed by atoms with van der Waals surface area (Å²) in [6, 6.07) is 54.5. The molecular weight excluding hydrogens is 647 g/mol. The van der Waals surface area contributed by atoms with Crippen LogP contribution >= 0.6 is 0 Å². The third-order valence-electron chi connectivity index (χ3n) is 11.4. The van der Waals surface area contributed by atoms with Crippen molar-refractivity contribution in [2.24, 2.45) is 11.8 Å². The van der Waals surface area contributed by atoms with Crippen LogP contribution in [0.5, 0.6) is 5.75 Å². The zero-order chi connectivity index (χ0) is 35.3. The van der Waals surface area contributed by atoms with E-state index in [-0.39, 0.29) is 12.3 Å². The van der Waals surface area contributed by atoms with Gasteiger partial charge in [0.15, 0.2) is 12.0 Å². The molecule has 3 aliphatic rings. The number of para-hydroxylation sites is 1. The summed E-state index contributed by atoms with van der Waals surface area (Å²) in [4.78, 5) is 0. The summed E-state index contributed by atoms with van der Waals surface area (Å²) in [6.07, 6.45) is 10.5. The van der Waals surface area contributed by atoms with Crippen LogP contribution in [0.1, 0.15) is 42.2 Å². The maximum atomic E-state index is 6.68. The molecule has 0 saturated heterocycles. The lowest BCUT2D eigenvalue weighted by atomic mass is 9.76. The zero-order valence-electron chi connectivity index (χ0n) is 29.7. The first-order chi connectivity index (χ1) is 26.2. The standard InChI is InChI=1S/C49H41N3O/c1-32-29-39(52-45-20-12-11-19-41(45)47-46(52)28-27-42-48(47)53-49(51-42)37-17-9-4-10-18-37)25-26-40(32)44-31-38(30-43(50-44)36-15-7-3-8-16-36)35-23-21-34(22-24-35)33-13-5-2-6-14-33/h2-30,32,38,40,44,49-51H,31H2,1H3. The van der Waals surface area contributed by atoms with E-state index in [0.29, 0.717) is 17.8 Å². The van der Waals surface area contributed by atoms with Crippen molar-refractivity contribution in [3.63, 3.8) is 0 Å². The molecule has 3 heterocycles. The van der Waals surface area contributed by atoms with Crippen LogP contribution in [0.3, 0.4) is 0 Å². The number of allylic oxidation sites excluding steroid dienone is 4. The van der Waals surface area contributed by atoms with E-state index in [1.807, 2.05) is 6.07 Å². The lowest BCUT2D eigenvalue weighted by Gasteiger charge is -2.38. The maximum absolute atomic E-state index is 6.68. The van der Waals surface area contributed by atoms with Gasteiger partial charge in [-0.1, -0.05) is 159 Å². The van der Waals surface area contributed by atoms with E-state index >= 15 is 0 Å². The SMILES string of the molecule is CC1C=C(n2c3ccccc3c3c4c(ccc32)NC(c2ccccc2)O4)C=CC1C1CC(c2ccc(-c3ccccc3)cc2)C=C(c2ccccc2)N1. The number of fused-ring (bicyclic) bond motifs is 5. The van der Waals surface area contributed by atoms with Crippen molar-refractivity contribution in [3.8, 4) is 16.9 Å². The van der Waals surface area contributed by atoms with Crippen LogP contribution in [0.25, 0.3) is 44.3 Å². The quantitative estimate of drug-likeness (QED) is 0.183. The van der Waals surface area contributed by atoms with Gasteiger partial charge >= 0.3 is 0 Å². The van der Waals surface area contributed by atoms with Crippen molar-refractivity contribution in [2.75, 3.05) is 5.32 Å². The van der Waals surface area contributed by atoms with Crippen molar-refractivity contribution < 1.29 is 4.74 Å². The van der Waals surface area contributed by atoms with Crippen LogP contribution in [0.15, 0.2) is 176 Å². The van der Waals surface area contributed by atoms with E-state index in [2.05, 4.69) is 192 Å². The molecule has 10 rings (SSSR count). The molecule has 0 fully saturated rings. The van der Waals surface area contributed by atoms with Crippen LogP contribution in [0.2, 0.25) is 0 Å². The minimum atomic E-state index is -0.211. The molecule has 53 heavy (non-hydrogen) atoms. The molecule has 6 aromatic carbocycles. The third-order valence-corrected chi connectivity index (χ3v) is 11.4. The molecule has 7 aromatic rings. The summed E-state index contributed by atoms with van der Waals surface area (Å²) in [5.41, 5.74) is 12.0. The summed E-state index contributed by atoms with van der Waals surface area (Å²) >= 11 is 0. The monoisotopic (exact) mass is 687 g/mol. The number of anilines is 1. The van der Waals surface area contributed by atoms with Gasteiger partial charge in [0.1, 0.15) is 0 Å². The molecule has 0 spiro atoms. The number of nitrogens with one attached hydrogen (secondary N) is 2. The molecule has 2 N–H and O–H groups in total. The average molecular weight is 688 g/mol. The van der Waals surface area contributed by atoms with E-state index in [1.54, 1.807) is 0 Å². The van der Waals surface area contributed by atoms with Gasteiger partial charge in [-0.2, -0.15) is 0 Å². The Morgan fingerprint density at radius 1 is 0.604 bits per heavy atom. The summed E-state index contributed by atoms with van der Waals surface area (Å²) in [7, 11) is 0. The van der Waals surface area contributed by atoms with Gasteiger partial charge in [-0.05, 0) is 58.9 Å². The van der Waals surface area contributed by atoms with Crippen molar-refractivity contribution in [3.05, 3.63) is 193 Å². The Hall–Kier alpha value is -6.26. The Bertz CT molecular complexity index is 2530. The predicted molar refractivity (Wildman–Crippen MR) is 220 cm³/mol. The molecular formula is C49H41N3O. The van der Waals surface area contributed by atoms with Gasteiger partial charge < -0.3 is 19.9 Å². The molecule has 0 radical (unpaired) electrons. The maximum Gasteiger partial charge on any atom is 0.196 e. The summed E-state index contributed by atoms with van der Waals surface area (Å²) < 4.78 is 9.10. The van der Waals surface area contributed by atoms with E-state index in [0.717, 1.165) is 34.3 Å². The number of nitrogens with zero attached hydrogens (tertiary/aromatic N) is 1. The smallest absolute Gasteiger partial charge is 0.196 e. The highest BCUT2D eigenvalue weighted by Gasteiger charge is 2.33. The Morgan fingerprint density at radius 2 is 1.28 bits per heavy atom. The van der Waals surface area contributed by atoms with Crippen LogP contribution in [0.4, 0.5) is 5.69 Å². The summed E-state index contributed by atoms with van der Waals surface area (Å²) in [6.45, 7) is 2.38. The van der Waals surface area contributed by atoms with Crippen molar-refractivity contribution in [2.45, 2.75) is 31.5 Å². The Morgan fingerprint density at radius 3 is 2.04 bits per heavy atom. The van der Waals surface area contributed by atoms with Crippen molar-refractivity contribution in [1.82, 2.24) is 9.88 Å². The predicted octanol–water partition coefficient (Wildman–Crippen LogP) is 11.8. The van der Waals surface area contributed by atoms with Gasteiger partial charge in [0.2, 0.25) is 0 Å². The Balaban J connectivity index is 0.975. The van der Waals surface area contributed by atoms with Crippen LogP contribution < -0.4 is 15.4 Å². The molecule has 4 heteroatoms. The third kappa shape index (κ3) is 5.62. The van der Waals surface area contributed by atoms with Gasteiger partial charge in [0, 0.05) is 40.2 Å². The van der Waals surface area contributed by atoms with Crippen LogP contribution in [0, 0.1) is 11.8 Å². The van der Waals surface area contributed by atoms with Crippen LogP contribution in [-0.4, -0.2) is 10.6 Å². The zero-order valence-corrected chi connectivity index (χ0v) is 29.7. The number of ether oxygens (including phenoxy) is 1. The minimum Gasteiger partial charge on any atom is -0.464 e. The van der Waals surface area contributed by atoms with Gasteiger partial charge in [-0.3, -0.25) is 0 Å². The second-order valence-electron chi connectivity index (χ2n) is 14.7. The molecule has 0 bridgehead atoms. The van der Waals surface area contributed by atoms with Crippen LogP contribution in [-0.2, 0) is 0 Å². The summed E-state index contributed by atoms with van der Waals surface area (Å²) in [5.74, 6) is 1.87. The number of aromatic nitrogens is 1. The number of hydrogen-bond acceptors (Lipinski definition) is 3. The second kappa shape index (κ2) is 13.1. The molecule has 5 unspecified atom stereocenters. The van der Waals surface area contributed by atoms with Crippen molar-refractivity contribution in [1.29, 1.82) is 0 Å². The fraction of sp³-hybridized carbons (Fsp3) is 0.143. The molecule has 4 nitrogen and oxygen atoms in total. The average Bonchev–Trinajstić information content (AvgIpc) is 3.81. The largest absolute Gasteiger partial charge is 0.464 e. The Labute approximate surface area is 310 Å². The van der Waals surface area contributed by atoms with Crippen molar-refractivity contribution >= 4 is 38.9 Å². The normalized spacial score (nSPS) is 22.0. The van der Waals surface area contributed by atoms with E-state index in [1.165, 1.54) is 44.6 Å². The molecule has 2 aliphatic heterocycles. The lowest BCUT2D eigenvalue weighted by molar-refractivity contribution is 0.263.